The molecule has 26 heavy (non-hydrogen) atoms. The van der Waals surface area contributed by atoms with Crippen LogP contribution in [0.3, 0.4) is 0 Å². The molecule has 3 heterocycles. The third-order valence-electron chi connectivity index (χ3n) is 4.41. The fourth-order valence-corrected chi connectivity index (χ4v) is 3.99. The molecular formula is C16H26N5O4P. The Morgan fingerprint density at radius 3 is 2.81 bits per heavy atom. The second kappa shape index (κ2) is 7.15. The maximum Gasteiger partial charge on any atom is 0.280 e. The van der Waals surface area contributed by atoms with Crippen LogP contribution >= 0.6 is 6.89 Å². The van der Waals surface area contributed by atoms with Crippen LogP contribution < -0.4 is 10.9 Å². The maximum absolute atomic E-state index is 12.2. The van der Waals surface area contributed by atoms with E-state index in [0.29, 0.717) is 24.6 Å². The van der Waals surface area contributed by atoms with Crippen LogP contribution in [-0.2, 0) is 4.74 Å². The topological polar surface area (TPSA) is 125 Å². The summed E-state index contributed by atoms with van der Waals surface area (Å²) < 4.78 is 7.42. The van der Waals surface area contributed by atoms with E-state index in [0.717, 1.165) is 6.16 Å². The number of aliphatic hydroxyl groups excluding tert-OH is 2. The van der Waals surface area contributed by atoms with Crippen LogP contribution in [0.2, 0.25) is 0 Å². The van der Waals surface area contributed by atoms with Crippen molar-refractivity contribution >= 4 is 30.3 Å². The molecule has 1 saturated heterocycles. The van der Waals surface area contributed by atoms with Crippen molar-refractivity contribution in [2.75, 3.05) is 31.4 Å². The first-order valence-corrected chi connectivity index (χ1v) is 11.7. The molecule has 0 amide bonds. The Bertz CT molecular complexity index is 888. The van der Waals surface area contributed by atoms with Gasteiger partial charge in [0.05, 0.1) is 12.4 Å². The van der Waals surface area contributed by atoms with Crippen LogP contribution in [0.25, 0.3) is 11.2 Å². The lowest BCUT2D eigenvalue weighted by atomic mass is 10.1. The van der Waals surface area contributed by atoms with E-state index in [9.17, 15) is 15.0 Å². The molecule has 2 aromatic heterocycles. The summed E-state index contributed by atoms with van der Waals surface area (Å²) in [6.45, 7) is 5.45. The van der Waals surface area contributed by atoms with Gasteiger partial charge in [-0.3, -0.25) is 14.3 Å². The molecule has 0 saturated carbocycles. The molecular weight excluding hydrogens is 357 g/mol. The molecule has 10 heteroatoms. The van der Waals surface area contributed by atoms with E-state index in [-0.39, 0.29) is 11.1 Å². The molecule has 2 unspecified atom stereocenters. The van der Waals surface area contributed by atoms with E-state index >= 15 is 0 Å². The number of rotatable bonds is 6. The summed E-state index contributed by atoms with van der Waals surface area (Å²) in [7, 11) is 0. The summed E-state index contributed by atoms with van der Waals surface area (Å²) in [6, 6.07) is 0. The van der Waals surface area contributed by atoms with Crippen molar-refractivity contribution in [3.05, 3.63) is 16.7 Å². The third kappa shape index (κ3) is 3.71. The van der Waals surface area contributed by atoms with E-state index in [4.69, 9.17) is 4.74 Å². The number of aromatic nitrogens is 4. The second-order valence-electron chi connectivity index (χ2n) is 7.26. The van der Waals surface area contributed by atoms with E-state index < -0.39 is 31.4 Å². The summed E-state index contributed by atoms with van der Waals surface area (Å²) in [5.74, 6) is 0.319. The monoisotopic (exact) mass is 383 g/mol. The Balaban J connectivity index is 1.91. The van der Waals surface area contributed by atoms with E-state index in [1.54, 1.807) is 0 Å². The highest BCUT2D eigenvalue weighted by atomic mass is 31.2. The number of fused-ring (bicyclic) bond motifs is 1. The highest BCUT2D eigenvalue weighted by molar-refractivity contribution is 7.72. The molecule has 3 rings (SSSR count). The number of nitrogens with zero attached hydrogens (tertiary/aromatic N) is 3. The van der Waals surface area contributed by atoms with Gasteiger partial charge in [0.15, 0.2) is 17.4 Å². The molecule has 4 atom stereocenters. The zero-order valence-corrected chi connectivity index (χ0v) is 16.1. The zero-order valence-electron chi connectivity index (χ0n) is 15.2. The summed E-state index contributed by atoms with van der Waals surface area (Å²) in [5.41, 5.74) is 0.0784. The number of ether oxygens (including phenoxy) is 1. The number of hydrogen-bond acceptors (Lipinski definition) is 7. The number of nitrogens with one attached hydrogen (secondary N) is 2. The molecule has 0 spiro atoms. The Kier molecular flexibility index (Phi) is 5.25. The summed E-state index contributed by atoms with van der Waals surface area (Å²) in [6.07, 6.45) is 3.54. The number of anilines is 1. The molecule has 144 valence electrons. The molecule has 1 aliphatic heterocycles. The highest BCUT2D eigenvalue weighted by Gasteiger charge is 2.44. The van der Waals surface area contributed by atoms with Crippen molar-refractivity contribution in [3.63, 3.8) is 0 Å². The van der Waals surface area contributed by atoms with Crippen LogP contribution in [0.1, 0.15) is 19.6 Å². The molecule has 0 aliphatic carbocycles. The fraction of sp³-hybridized carbons (Fsp3) is 0.625. The largest absolute Gasteiger partial charge is 0.388 e. The fourth-order valence-electron chi connectivity index (χ4n) is 3.04. The zero-order chi connectivity index (χ0) is 19.1. The van der Waals surface area contributed by atoms with Gasteiger partial charge >= 0.3 is 0 Å². The molecule has 0 bridgehead atoms. The van der Waals surface area contributed by atoms with Crippen LogP contribution in [0.4, 0.5) is 5.95 Å². The van der Waals surface area contributed by atoms with Gasteiger partial charge in [-0.2, -0.15) is 4.98 Å². The minimum absolute atomic E-state index is 0.158. The summed E-state index contributed by atoms with van der Waals surface area (Å²) in [4.78, 5) is 23.2. The van der Waals surface area contributed by atoms with Crippen LogP contribution in [0.15, 0.2) is 11.1 Å². The SMILES string of the molecule is C=P(C)(C)CCC1OC(n2cnc3c(=O)[nH]c(NCC)nc32)[C@H](O)[C@@H]1O. The van der Waals surface area contributed by atoms with Crippen molar-refractivity contribution in [1.29, 1.82) is 0 Å². The first-order chi connectivity index (χ1) is 12.2. The molecule has 4 N–H and O–H groups in total. The smallest absolute Gasteiger partial charge is 0.280 e. The number of aromatic amines is 1. The van der Waals surface area contributed by atoms with E-state index in [1.807, 2.05) is 6.92 Å². The average Bonchev–Trinajstić information content (AvgIpc) is 3.08. The first-order valence-electron chi connectivity index (χ1n) is 8.61. The lowest BCUT2D eigenvalue weighted by Gasteiger charge is -2.18. The molecule has 1 aliphatic rings. The minimum Gasteiger partial charge on any atom is -0.388 e. The van der Waals surface area contributed by atoms with Gasteiger partial charge in [0.1, 0.15) is 12.2 Å². The van der Waals surface area contributed by atoms with Gasteiger partial charge in [-0.15, -0.1) is 13.2 Å². The minimum atomic E-state index is -1.26. The van der Waals surface area contributed by atoms with Gasteiger partial charge in [-0.05, 0) is 32.8 Å². The van der Waals surface area contributed by atoms with Crippen molar-refractivity contribution in [2.45, 2.75) is 37.9 Å². The highest BCUT2D eigenvalue weighted by Crippen LogP contribution is 2.39. The maximum atomic E-state index is 12.2. The number of hydrogen-bond donors (Lipinski definition) is 4. The predicted octanol–water partition coefficient (Wildman–Crippen LogP) is 0.270. The number of aliphatic hydroxyl groups is 2. The van der Waals surface area contributed by atoms with Crippen molar-refractivity contribution < 1.29 is 14.9 Å². The van der Waals surface area contributed by atoms with Crippen LogP contribution in [0, 0.1) is 0 Å². The lowest BCUT2D eigenvalue weighted by Crippen LogP contribution is -2.32. The molecule has 9 nitrogen and oxygen atoms in total. The standard InChI is InChI=1S/C16H26N5O4P/c1-5-17-16-19-13-10(14(24)20-16)18-8-21(13)15-12(23)11(22)9(25-15)6-7-26(2,3)4/h8-9,11-12,15,22-23H,2,5-7H2,1,3-4H3,(H2,17,19,20,24)/t9?,11-,12-,15?/m1/s1. The van der Waals surface area contributed by atoms with Crippen LogP contribution in [-0.4, -0.2) is 80.4 Å². The van der Waals surface area contributed by atoms with Crippen molar-refractivity contribution in [3.8, 4) is 0 Å². The third-order valence-corrected chi connectivity index (χ3v) is 5.88. The Labute approximate surface area is 151 Å². The van der Waals surface area contributed by atoms with Crippen LogP contribution in [0.5, 0.6) is 0 Å². The molecule has 0 radical (unpaired) electrons. The molecule has 2 aromatic rings. The number of imidazole rings is 1. The van der Waals surface area contributed by atoms with Gasteiger partial charge < -0.3 is 20.3 Å². The van der Waals surface area contributed by atoms with Gasteiger partial charge in [-0.1, -0.05) is 0 Å². The van der Waals surface area contributed by atoms with Gasteiger partial charge in [0.2, 0.25) is 5.95 Å². The van der Waals surface area contributed by atoms with Gasteiger partial charge in [-0.25, -0.2) is 4.98 Å². The predicted molar refractivity (Wildman–Crippen MR) is 104 cm³/mol. The Hall–Kier alpha value is -1.67. The van der Waals surface area contributed by atoms with Gasteiger partial charge in [0, 0.05) is 6.54 Å². The second-order valence-corrected chi connectivity index (χ2v) is 11.6. The van der Waals surface area contributed by atoms with E-state index in [2.05, 4.69) is 39.9 Å². The molecule has 0 aromatic carbocycles. The Morgan fingerprint density at radius 1 is 1.42 bits per heavy atom. The first kappa shape index (κ1) is 19.1. The normalized spacial score (nSPS) is 26.5. The van der Waals surface area contributed by atoms with E-state index in [1.165, 1.54) is 10.9 Å². The Morgan fingerprint density at radius 2 is 2.15 bits per heavy atom. The summed E-state index contributed by atoms with van der Waals surface area (Å²) in [5, 5.41) is 23.8. The van der Waals surface area contributed by atoms with Crippen molar-refractivity contribution in [1.82, 2.24) is 19.5 Å². The van der Waals surface area contributed by atoms with Crippen molar-refractivity contribution in [2.24, 2.45) is 0 Å². The molecule has 1 fully saturated rings. The summed E-state index contributed by atoms with van der Waals surface area (Å²) >= 11 is 0. The lowest BCUT2D eigenvalue weighted by molar-refractivity contribution is -0.0353. The van der Waals surface area contributed by atoms with Gasteiger partial charge in [0.25, 0.3) is 5.56 Å². The average molecular weight is 383 g/mol. The quantitative estimate of drug-likeness (QED) is 0.528. The number of H-pyrrole nitrogens is 1.